The summed E-state index contributed by atoms with van der Waals surface area (Å²) in [6.45, 7) is 5.03. The van der Waals surface area contributed by atoms with E-state index in [1.807, 2.05) is 31.2 Å². The fourth-order valence-electron chi connectivity index (χ4n) is 3.87. The van der Waals surface area contributed by atoms with Crippen molar-refractivity contribution in [1.82, 2.24) is 10.2 Å². The highest BCUT2D eigenvalue weighted by Gasteiger charge is 2.27. The Morgan fingerprint density at radius 2 is 2.07 bits per heavy atom. The minimum Gasteiger partial charge on any atom is -0.466 e. The lowest BCUT2D eigenvalue weighted by Gasteiger charge is -2.33. The number of carbonyl (C=O) groups excluding carboxylic acids is 2. The molecule has 1 aromatic rings. The number of rotatable bonds is 6. The van der Waals surface area contributed by atoms with Crippen LogP contribution < -0.4 is 10.6 Å². The smallest absolute Gasteiger partial charge is 0.309 e. The molecule has 1 atom stereocenters. The van der Waals surface area contributed by atoms with Gasteiger partial charge in [0, 0.05) is 39.0 Å². The van der Waals surface area contributed by atoms with Crippen LogP contribution >= 0.6 is 0 Å². The Labute approximate surface area is 178 Å². The molecule has 2 saturated heterocycles. The summed E-state index contributed by atoms with van der Waals surface area (Å²) in [6.07, 6.45) is 2.89. The molecule has 8 nitrogen and oxygen atoms in total. The fourth-order valence-corrected chi connectivity index (χ4v) is 3.87. The summed E-state index contributed by atoms with van der Waals surface area (Å²) in [4.78, 5) is 30.7. The zero-order valence-corrected chi connectivity index (χ0v) is 17.9. The highest BCUT2D eigenvalue weighted by molar-refractivity contribution is 5.94. The number of amides is 1. The molecule has 2 aliphatic rings. The number of ether oxygens (including phenoxy) is 2. The van der Waals surface area contributed by atoms with Crippen molar-refractivity contribution in [2.24, 2.45) is 10.9 Å². The molecule has 3 rings (SSSR count). The third-order valence-electron chi connectivity index (χ3n) is 5.49. The van der Waals surface area contributed by atoms with Gasteiger partial charge in [-0.05, 0) is 50.3 Å². The number of carbonyl (C=O) groups is 2. The predicted molar refractivity (Wildman–Crippen MR) is 115 cm³/mol. The van der Waals surface area contributed by atoms with Gasteiger partial charge in [0.2, 0.25) is 0 Å². The Morgan fingerprint density at radius 1 is 1.27 bits per heavy atom. The van der Waals surface area contributed by atoms with Crippen LogP contribution in [0.25, 0.3) is 0 Å². The molecular weight excluding hydrogens is 384 g/mol. The van der Waals surface area contributed by atoms with Gasteiger partial charge in [0.05, 0.1) is 12.5 Å². The van der Waals surface area contributed by atoms with Crippen LogP contribution in [-0.4, -0.2) is 62.2 Å². The molecular formula is C22H32N4O4. The van der Waals surface area contributed by atoms with Gasteiger partial charge < -0.3 is 25.0 Å². The summed E-state index contributed by atoms with van der Waals surface area (Å²) < 4.78 is 10.6. The molecule has 1 unspecified atom stereocenters. The summed E-state index contributed by atoms with van der Waals surface area (Å²) in [5, 5.41) is 6.32. The van der Waals surface area contributed by atoms with Crippen molar-refractivity contribution in [3.05, 3.63) is 29.8 Å². The van der Waals surface area contributed by atoms with Crippen molar-refractivity contribution in [3.8, 4) is 0 Å². The van der Waals surface area contributed by atoms with Crippen LogP contribution in [0.4, 0.5) is 5.69 Å². The number of hydrogen-bond donors (Lipinski definition) is 2. The van der Waals surface area contributed by atoms with Crippen LogP contribution in [0.15, 0.2) is 29.3 Å². The Bertz CT molecular complexity index is 753. The molecule has 1 aromatic carbocycles. The van der Waals surface area contributed by atoms with E-state index in [9.17, 15) is 9.59 Å². The number of aliphatic imine (C=N–C) groups is 1. The van der Waals surface area contributed by atoms with E-state index in [0.29, 0.717) is 19.8 Å². The van der Waals surface area contributed by atoms with Crippen molar-refractivity contribution >= 4 is 23.5 Å². The molecule has 2 aliphatic heterocycles. The average molecular weight is 417 g/mol. The Balaban J connectivity index is 1.49. The second kappa shape index (κ2) is 11.0. The predicted octanol–water partition coefficient (Wildman–Crippen LogP) is 2.15. The summed E-state index contributed by atoms with van der Waals surface area (Å²) in [5.74, 6) is 0.606. The lowest BCUT2D eigenvalue weighted by Crippen LogP contribution is -2.46. The van der Waals surface area contributed by atoms with Gasteiger partial charge in [-0.1, -0.05) is 12.1 Å². The zero-order chi connectivity index (χ0) is 21.3. The molecule has 30 heavy (non-hydrogen) atoms. The maximum Gasteiger partial charge on any atom is 0.309 e. The molecule has 0 bridgehead atoms. The van der Waals surface area contributed by atoms with Crippen LogP contribution in [0.1, 0.15) is 38.2 Å². The molecule has 2 N–H and O–H groups in total. The Kier molecular flexibility index (Phi) is 8.07. The van der Waals surface area contributed by atoms with Crippen LogP contribution in [0.3, 0.4) is 0 Å². The van der Waals surface area contributed by atoms with Crippen LogP contribution in [0.2, 0.25) is 0 Å². The quantitative estimate of drug-likeness (QED) is 0.419. The number of hydrogen-bond acceptors (Lipinski definition) is 5. The minimum absolute atomic E-state index is 0.0246. The number of esters is 1. The monoisotopic (exact) mass is 416 g/mol. The highest BCUT2D eigenvalue weighted by Crippen LogP contribution is 2.19. The van der Waals surface area contributed by atoms with E-state index in [1.165, 1.54) is 0 Å². The maximum atomic E-state index is 12.2. The standard InChI is InChI=1S/C22H32N4O4/c1-3-29-21(28)17-9-11-26(12-10-17)22(23-2)24-15-16-6-4-7-18(14-16)25-20(27)19-8-5-13-30-19/h4,6-7,14,17,19H,3,5,8-13,15H2,1-2H3,(H,23,24)(H,25,27). The molecule has 0 aromatic heterocycles. The lowest BCUT2D eigenvalue weighted by molar-refractivity contribution is -0.149. The molecule has 0 aliphatic carbocycles. The maximum absolute atomic E-state index is 12.2. The van der Waals surface area contributed by atoms with Gasteiger partial charge in [-0.15, -0.1) is 0 Å². The van der Waals surface area contributed by atoms with Crippen LogP contribution in [-0.2, 0) is 25.6 Å². The Morgan fingerprint density at radius 3 is 2.73 bits per heavy atom. The van der Waals surface area contributed by atoms with Crippen molar-refractivity contribution in [2.75, 3.05) is 38.7 Å². The third kappa shape index (κ3) is 5.95. The van der Waals surface area contributed by atoms with Crippen molar-refractivity contribution in [3.63, 3.8) is 0 Å². The first-order valence-corrected chi connectivity index (χ1v) is 10.7. The number of likely N-dealkylation sites (tertiary alicyclic amines) is 1. The van der Waals surface area contributed by atoms with Crippen molar-refractivity contribution < 1.29 is 19.1 Å². The summed E-state index contributed by atoms with van der Waals surface area (Å²) in [6, 6.07) is 7.77. The topological polar surface area (TPSA) is 92.3 Å². The SMILES string of the molecule is CCOC(=O)C1CCN(C(=NC)NCc2cccc(NC(=O)C3CCCO3)c2)CC1. The molecule has 164 valence electrons. The molecule has 2 heterocycles. The van der Waals surface area contributed by atoms with Gasteiger partial charge in [0.15, 0.2) is 5.96 Å². The van der Waals surface area contributed by atoms with E-state index in [2.05, 4.69) is 20.5 Å². The van der Waals surface area contributed by atoms with E-state index in [4.69, 9.17) is 9.47 Å². The number of nitrogens with one attached hydrogen (secondary N) is 2. The number of anilines is 1. The second-order valence-corrected chi connectivity index (χ2v) is 7.61. The molecule has 0 radical (unpaired) electrons. The Hall–Kier alpha value is -2.61. The third-order valence-corrected chi connectivity index (χ3v) is 5.49. The highest BCUT2D eigenvalue weighted by atomic mass is 16.5. The number of benzene rings is 1. The summed E-state index contributed by atoms with van der Waals surface area (Å²) >= 11 is 0. The van der Waals surface area contributed by atoms with E-state index in [-0.39, 0.29) is 23.9 Å². The summed E-state index contributed by atoms with van der Waals surface area (Å²) in [5.41, 5.74) is 1.81. The normalized spacial score (nSPS) is 20.1. The molecule has 1 amide bonds. The number of guanidine groups is 1. The van der Waals surface area contributed by atoms with E-state index >= 15 is 0 Å². The average Bonchev–Trinajstić information content (AvgIpc) is 3.30. The van der Waals surface area contributed by atoms with E-state index < -0.39 is 0 Å². The van der Waals surface area contributed by atoms with E-state index in [0.717, 1.165) is 56.0 Å². The molecule has 0 saturated carbocycles. The number of nitrogens with zero attached hydrogens (tertiary/aromatic N) is 2. The van der Waals surface area contributed by atoms with Gasteiger partial charge in [-0.25, -0.2) is 0 Å². The van der Waals surface area contributed by atoms with Gasteiger partial charge in [0.25, 0.3) is 5.91 Å². The second-order valence-electron chi connectivity index (χ2n) is 7.61. The van der Waals surface area contributed by atoms with Gasteiger partial charge in [-0.3, -0.25) is 14.6 Å². The van der Waals surface area contributed by atoms with Gasteiger partial charge in [0.1, 0.15) is 6.10 Å². The molecule has 2 fully saturated rings. The van der Waals surface area contributed by atoms with Crippen molar-refractivity contribution in [1.29, 1.82) is 0 Å². The first-order valence-electron chi connectivity index (χ1n) is 10.7. The number of piperidine rings is 1. The van der Waals surface area contributed by atoms with E-state index in [1.54, 1.807) is 7.05 Å². The minimum atomic E-state index is -0.344. The first-order chi connectivity index (χ1) is 14.6. The van der Waals surface area contributed by atoms with Crippen LogP contribution in [0.5, 0.6) is 0 Å². The molecule has 8 heteroatoms. The van der Waals surface area contributed by atoms with Crippen molar-refractivity contribution in [2.45, 2.75) is 45.3 Å². The fraction of sp³-hybridized carbons (Fsp3) is 0.591. The summed E-state index contributed by atoms with van der Waals surface area (Å²) in [7, 11) is 1.76. The van der Waals surface area contributed by atoms with Gasteiger partial charge >= 0.3 is 5.97 Å². The first kappa shape index (κ1) is 22.1. The van der Waals surface area contributed by atoms with Crippen LogP contribution in [0, 0.1) is 5.92 Å². The zero-order valence-electron chi connectivity index (χ0n) is 17.9. The largest absolute Gasteiger partial charge is 0.466 e. The van der Waals surface area contributed by atoms with Gasteiger partial charge in [-0.2, -0.15) is 0 Å². The molecule has 0 spiro atoms. The lowest BCUT2D eigenvalue weighted by atomic mass is 9.97.